The van der Waals surface area contributed by atoms with Gasteiger partial charge in [-0.05, 0) is 40.0 Å². The molecule has 2 aromatic carbocycles. The van der Waals surface area contributed by atoms with Gasteiger partial charge in [0.15, 0.2) is 5.82 Å². The van der Waals surface area contributed by atoms with Crippen LogP contribution >= 0.6 is 15.9 Å². The molecule has 0 amide bonds. The predicted octanol–water partition coefficient (Wildman–Crippen LogP) is 3.97. The first-order chi connectivity index (χ1) is 10.0. The van der Waals surface area contributed by atoms with Crippen LogP contribution in [0.2, 0.25) is 0 Å². The quantitative estimate of drug-likeness (QED) is 0.885. The molecular formula is C16H15BrFNO2. The molecule has 2 rings (SSSR count). The summed E-state index contributed by atoms with van der Waals surface area (Å²) in [6.07, 6.45) is 0.787. The largest absolute Gasteiger partial charge is 0.478 e. The van der Waals surface area contributed by atoms with Crippen LogP contribution in [0.15, 0.2) is 46.9 Å². The van der Waals surface area contributed by atoms with Crippen LogP contribution in [0.4, 0.5) is 10.1 Å². The molecular weight excluding hydrogens is 337 g/mol. The van der Waals surface area contributed by atoms with E-state index in [1.807, 2.05) is 30.3 Å². The molecule has 0 radical (unpaired) electrons. The number of likely N-dealkylation sites (N-methyl/N-ethyl adjacent to an activating group) is 1. The first-order valence-corrected chi connectivity index (χ1v) is 7.26. The summed E-state index contributed by atoms with van der Waals surface area (Å²) in [5.41, 5.74) is 1.47. The Bertz CT molecular complexity index is 646. The second kappa shape index (κ2) is 6.72. The molecule has 5 heteroatoms. The SMILES string of the molecule is CN(CCc1ccccc1)c1ccc(C(=O)O)c(Br)c1F. The molecule has 0 unspecified atom stereocenters. The van der Waals surface area contributed by atoms with Gasteiger partial charge in [0.1, 0.15) is 0 Å². The summed E-state index contributed by atoms with van der Waals surface area (Å²) in [5.74, 6) is -1.70. The van der Waals surface area contributed by atoms with Crippen LogP contribution in [0.1, 0.15) is 15.9 Å². The summed E-state index contributed by atoms with van der Waals surface area (Å²) in [5, 5.41) is 8.96. The minimum absolute atomic E-state index is 0.0148. The van der Waals surface area contributed by atoms with E-state index in [1.54, 1.807) is 11.9 Å². The number of nitrogens with zero attached hydrogens (tertiary/aromatic N) is 1. The Labute approximate surface area is 131 Å². The van der Waals surface area contributed by atoms with Crippen molar-refractivity contribution in [2.24, 2.45) is 0 Å². The summed E-state index contributed by atoms with van der Waals surface area (Å²) in [4.78, 5) is 12.7. The molecule has 0 aromatic heterocycles. The molecule has 0 aliphatic carbocycles. The van der Waals surface area contributed by atoms with Gasteiger partial charge in [-0.1, -0.05) is 30.3 Å². The van der Waals surface area contributed by atoms with Crippen LogP contribution < -0.4 is 4.90 Å². The van der Waals surface area contributed by atoms with Gasteiger partial charge in [-0.3, -0.25) is 0 Å². The highest BCUT2D eigenvalue weighted by atomic mass is 79.9. The van der Waals surface area contributed by atoms with Gasteiger partial charge in [0.05, 0.1) is 15.7 Å². The summed E-state index contributed by atoms with van der Waals surface area (Å²) in [7, 11) is 1.79. The molecule has 0 heterocycles. The fourth-order valence-corrected chi connectivity index (χ4v) is 2.57. The molecule has 0 aliphatic rings. The second-order valence-corrected chi connectivity index (χ2v) is 5.52. The number of carboxylic acids is 1. The summed E-state index contributed by atoms with van der Waals surface area (Å²) in [6, 6.07) is 12.8. The molecule has 0 aliphatic heterocycles. The van der Waals surface area contributed by atoms with Crippen molar-refractivity contribution >= 4 is 27.6 Å². The Morgan fingerprint density at radius 1 is 1.24 bits per heavy atom. The molecule has 3 nitrogen and oxygen atoms in total. The third kappa shape index (κ3) is 3.61. The first kappa shape index (κ1) is 15.5. The van der Waals surface area contributed by atoms with E-state index in [0.717, 1.165) is 6.42 Å². The number of rotatable bonds is 5. The maximum Gasteiger partial charge on any atom is 0.336 e. The molecule has 0 atom stereocenters. The number of hydrogen-bond donors (Lipinski definition) is 1. The highest BCUT2D eigenvalue weighted by Crippen LogP contribution is 2.29. The Morgan fingerprint density at radius 3 is 2.52 bits per heavy atom. The van der Waals surface area contributed by atoms with E-state index in [-0.39, 0.29) is 10.0 Å². The van der Waals surface area contributed by atoms with Gasteiger partial charge in [-0.15, -0.1) is 0 Å². The zero-order valence-electron chi connectivity index (χ0n) is 11.5. The Hall–Kier alpha value is -1.88. The summed E-state index contributed by atoms with van der Waals surface area (Å²) >= 11 is 3.01. The molecule has 0 fully saturated rings. The zero-order valence-corrected chi connectivity index (χ0v) is 13.1. The van der Waals surface area contributed by atoms with E-state index in [1.165, 1.54) is 17.7 Å². The van der Waals surface area contributed by atoms with Gasteiger partial charge in [0.25, 0.3) is 0 Å². The van der Waals surface area contributed by atoms with Crippen molar-refractivity contribution < 1.29 is 14.3 Å². The standard InChI is InChI=1S/C16H15BrFNO2/c1-19(10-9-11-5-3-2-4-6-11)13-8-7-12(16(20)21)14(17)15(13)18/h2-8H,9-10H2,1H3,(H,20,21). The molecule has 2 aromatic rings. The normalized spacial score (nSPS) is 10.4. The topological polar surface area (TPSA) is 40.5 Å². The number of halogens is 2. The van der Waals surface area contributed by atoms with Gasteiger partial charge >= 0.3 is 5.97 Å². The maximum atomic E-state index is 14.2. The molecule has 0 saturated carbocycles. The Morgan fingerprint density at radius 2 is 1.90 bits per heavy atom. The predicted molar refractivity (Wildman–Crippen MR) is 84.5 cm³/mol. The number of hydrogen-bond acceptors (Lipinski definition) is 2. The number of anilines is 1. The minimum atomic E-state index is -1.15. The molecule has 21 heavy (non-hydrogen) atoms. The smallest absolute Gasteiger partial charge is 0.336 e. The highest BCUT2D eigenvalue weighted by Gasteiger charge is 2.17. The van der Waals surface area contributed by atoms with Crippen molar-refractivity contribution in [3.05, 3.63) is 63.9 Å². The maximum absolute atomic E-state index is 14.2. The third-order valence-electron chi connectivity index (χ3n) is 3.28. The Kier molecular flexibility index (Phi) is 4.96. The van der Waals surface area contributed by atoms with Crippen molar-refractivity contribution in [1.29, 1.82) is 0 Å². The lowest BCUT2D eigenvalue weighted by atomic mass is 10.1. The average molecular weight is 352 g/mol. The van der Waals surface area contributed by atoms with Crippen LogP contribution in [0.25, 0.3) is 0 Å². The molecule has 110 valence electrons. The number of carboxylic acid groups (broad SMARTS) is 1. The fourth-order valence-electron chi connectivity index (χ4n) is 2.06. The van der Waals surface area contributed by atoms with Crippen molar-refractivity contribution in [2.75, 3.05) is 18.5 Å². The van der Waals surface area contributed by atoms with E-state index in [2.05, 4.69) is 15.9 Å². The van der Waals surface area contributed by atoms with Crippen molar-refractivity contribution in [2.45, 2.75) is 6.42 Å². The van der Waals surface area contributed by atoms with E-state index < -0.39 is 11.8 Å². The highest BCUT2D eigenvalue weighted by molar-refractivity contribution is 9.10. The van der Waals surface area contributed by atoms with Crippen molar-refractivity contribution in [3.63, 3.8) is 0 Å². The van der Waals surface area contributed by atoms with Crippen LogP contribution in [0.5, 0.6) is 0 Å². The van der Waals surface area contributed by atoms with Gasteiger partial charge in [0.2, 0.25) is 0 Å². The van der Waals surface area contributed by atoms with E-state index in [0.29, 0.717) is 12.2 Å². The molecule has 0 spiro atoms. The number of benzene rings is 2. The van der Waals surface area contributed by atoms with Gasteiger partial charge in [-0.2, -0.15) is 0 Å². The monoisotopic (exact) mass is 351 g/mol. The number of carbonyl (C=O) groups is 1. The van der Waals surface area contributed by atoms with Gasteiger partial charge in [0, 0.05) is 13.6 Å². The second-order valence-electron chi connectivity index (χ2n) is 4.72. The zero-order chi connectivity index (χ0) is 15.4. The lowest BCUT2D eigenvalue weighted by Crippen LogP contribution is -2.22. The lowest BCUT2D eigenvalue weighted by molar-refractivity contribution is 0.0695. The summed E-state index contributed by atoms with van der Waals surface area (Å²) < 4.78 is 14.2. The molecule has 0 bridgehead atoms. The van der Waals surface area contributed by atoms with E-state index in [9.17, 15) is 9.18 Å². The van der Waals surface area contributed by atoms with E-state index in [4.69, 9.17) is 5.11 Å². The van der Waals surface area contributed by atoms with Crippen molar-refractivity contribution in [3.8, 4) is 0 Å². The van der Waals surface area contributed by atoms with Crippen LogP contribution in [-0.4, -0.2) is 24.7 Å². The third-order valence-corrected chi connectivity index (χ3v) is 4.06. The van der Waals surface area contributed by atoms with Crippen LogP contribution in [0.3, 0.4) is 0 Å². The molecule has 0 saturated heterocycles. The summed E-state index contributed by atoms with van der Waals surface area (Å²) in [6.45, 7) is 0.639. The van der Waals surface area contributed by atoms with Gasteiger partial charge in [-0.25, -0.2) is 9.18 Å². The minimum Gasteiger partial charge on any atom is -0.478 e. The fraction of sp³-hybridized carbons (Fsp3) is 0.188. The van der Waals surface area contributed by atoms with E-state index >= 15 is 0 Å². The van der Waals surface area contributed by atoms with Gasteiger partial charge < -0.3 is 10.0 Å². The molecule has 1 N–H and O–H groups in total. The first-order valence-electron chi connectivity index (χ1n) is 6.47. The average Bonchev–Trinajstić information content (AvgIpc) is 2.48. The van der Waals surface area contributed by atoms with Crippen LogP contribution in [-0.2, 0) is 6.42 Å². The Balaban J connectivity index is 2.14. The number of aromatic carboxylic acids is 1. The van der Waals surface area contributed by atoms with Crippen molar-refractivity contribution in [1.82, 2.24) is 0 Å². The lowest BCUT2D eigenvalue weighted by Gasteiger charge is -2.21. The van der Waals surface area contributed by atoms with Crippen LogP contribution in [0, 0.1) is 5.82 Å².